The van der Waals surface area contributed by atoms with Gasteiger partial charge in [0.25, 0.3) is 5.91 Å². The van der Waals surface area contributed by atoms with Crippen molar-refractivity contribution in [2.75, 3.05) is 13.6 Å². The fourth-order valence-corrected chi connectivity index (χ4v) is 2.69. The van der Waals surface area contributed by atoms with Gasteiger partial charge >= 0.3 is 0 Å². The minimum absolute atomic E-state index is 0.142. The summed E-state index contributed by atoms with van der Waals surface area (Å²) in [4.78, 5) is 18.5. The van der Waals surface area contributed by atoms with Crippen LogP contribution in [0.4, 0.5) is 0 Å². The average molecular weight is 350 g/mol. The van der Waals surface area contributed by atoms with Crippen molar-refractivity contribution in [2.24, 2.45) is 7.05 Å². The number of aryl methyl sites for hydroxylation is 2. The van der Waals surface area contributed by atoms with Crippen molar-refractivity contribution in [3.05, 3.63) is 71.5 Å². The lowest BCUT2D eigenvalue weighted by Crippen LogP contribution is -2.31. The molecular weight excluding hydrogens is 328 g/mol. The normalized spacial score (nSPS) is 12.0. The van der Waals surface area contributed by atoms with E-state index in [9.17, 15) is 9.90 Å². The van der Waals surface area contributed by atoms with Gasteiger partial charge in [-0.2, -0.15) is 5.10 Å². The Morgan fingerprint density at radius 3 is 2.38 bits per heavy atom. The average Bonchev–Trinajstić information content (AvgIpc) is 3.00. The van der Waals surface area contributed by atoms with Crippen molar-refractivity contribution in [1.82, 2.24) is 19.7 Å². The summed E-state index contributed by atoms with van der Waals surface area (Å²) in [6, 6.07) is 16.5. The van der Waals surface area contributed by atoms with Gasteiger partial charge in [0, 0.05) is 25.2 Å². The van der Waals surface area contributed by atoms with Crippen molar-refractivity contribution < 1.29 is 9.90 Å². The van der Waals surface area contributed by atoms with E-state index in [1.807, 2.05) is 56.4 Å². The molecule has 0 aliphatic heterocycles. The van der Waals surface area contributed by atoms with Crippen LogP contribution in [0.2, 0.25) is 0 Å². The number of aromatic nitrogens is 3. The van der Waals surface area contributed by atoms with Gasteiger partial charge in [-0.3, -0.25) is 9.48 Å². The first-order chi connectivity index (χ1) is 12.5. The molecule has 3 rings (SSSR count). The highest BCUT2D eigenvalue weighted by Gasteiger charge is 2.17. The number of benzene rings is 2. The molecule has 0 saturated heterocycles. The molecule has 2 aromatic carbocycles. The van der Waals surface area contributed by atoms with E-state index in [0.29, 0.717) is 11.4 Å². The molecule has 0 aliphatic carbocycles. The van der Waals surface area contributed by atoms with Crippen molar-refractivity contribution >= 4 is 5.91 Å². The van der Waals surface area contributed by atoms with Gasteiger partial charge < -0.3 is 10.0 Å². The first-order valence-corrected chi connectivity index (χ1v) is 8.42. The summed E-state index contributed by atoms with van der Waals surface area (Å²) in [6.45, 7) is 2.12. The Hall–Kier alpha value is -2.99. The fraction of sp³-hybridized carbons (Fsp3) is 0.250. The second kappa shape index (κ2) is 7.49. The smallest absolute Gasteiger partial charge is 0.253 e. The monoisotopic (exact) mass is 350 g/mol. The number of amides is 1. The third-order valence-corrected chi connectivity index (χ3v) is 4.35. The topological polar surface area (TPSA) is 71.2 Å². The zero-order valence-corrected chi connectivity index (χ0v) is 15.1. The van der Waals surface area contributed by atoms with Gasteiger partial charge in [0.05, 0.1) is 12.6 Å². The van der Waals surface area contributed by atoms with Gasteiger partial charge in [0.15, 0.2) is 5.82 Å². The van der Waals surface area contributed by atoms with Crippen LogP contribution in [-0.2, 0) is 7.05 Å². The summed E-state index contributed by atoms with van der Waals surface area (Å²) in [6.07, 6.45) is -0.717. The molecule has 26 heavy (non-hydrogen) atoms. The van der Waals surface area contributed by atoms with Crippen molar-refractivity contribution in [3.63, 3.8) is 0 Å². The number of carbonyl (C=O) groups excluding carboxylic acids is 1. The Balaban J connectivity index is 1.69. The molecule has 0 radical (unpaired) electrons. The minimum atomic E-state index is -0.717. The summed E-state index contributed by atoms with van der Waals surface area (Å²) in [5, 5.41) is 14.6. The van der Waals surface area contributed by atoms with Crippen LogP contribution in [0.15, 0.2) is 54.6 Å². The standard InChI is InChI=1S/C20H22N4O2/c1-14-21-19(22-24(14)3)16-9-11-17(12-10-16)20(26)23(2)13-18(25)15-7-5-4-6-8-15/h4-12,18,25H,13H2,1-3H3. The van der Waals surface area contributed by atoms with E-state index in [0.717, 1.165) is 17.0 Å². The fourth-order valence-electron chi connectivity index (χ4n) is 2.69. The van der Waals surface area contributed by atoms with Crippen molar-refractivity contribution in [3.8, 4) is 11.4 Å². The zero-order chi connectivity index (χ0) is 18.7. The van der Waals surface area contributed by atoms with Crippen LogP contribution in [0.1, 0.15) is 27.8 Å². The molecule has 1 N–H and O–H groups in total. The van der Waals surface area contributed by atoms with Gasteiger partial charge in [-0.15, -0.1) is 0 Å². The molecule has 1 amide bonds. The van der Waals surface area contributed by atoms with Gasteiger partial charge in [-0.05, 0) is 24.6 Å². The highest BCUT2D eigenvalue weighted by atomic mass is 16.3. The maximum Gasteiger partial charge on any atom is 0.253 e. The van der Waals surface area contributed by atoms with Crippen LogP contribution in [0.3, 0.4) is 0 Å². The van der Waals surface area contributed by atoms with Crippen LogP contribution < -0.4 is 0 Å². The highest BCUT2D eigenvalue weighted by Crippen LogP contribution is 2.18. The molecule has 1 aromatic heterocycles. The number of nitrogens with zero attached hydrogens (tertiary/aromatic N) is 4. The third-order valence-electron chi connectivity index (χ3n) is 4.35. The molecule has 6 heteroatoms. The molecule has 134 valence electrons. The summed E-state index contributed by atoms with van der Waals surface area (Å²) in [5.41, 5.74) is 2.21. The van der Waals surface area contributed by atoms with Crippen LogP contribution in [0.5, 0.6) is 0 Å². The molecule has 1 unspecified atom stereocenters. The molecule has 3 aromatic rings. The maximum atomic E-state index is 12.6. The molecule has 0 spiro atoms. The van der Waals surface area contributed by atoms with Gasteiger partial charge in [0.1, 0.15) is 5.82 Å². The summed E-state index contributed by atoms with van der Waals surface area (Å²) in [7, 11) is 3.53. The Morgan fingerprint density at radius 1 is 1.15 bits per heavy atom. The molecule has 0 aliphatic rings. The molecule has 0 saturated carbocycles. The zero-order valence-electron chi connectivity index (χ0n) is 15.1. The van der Waals surface area contributed by atoms with E-state index in [1.54, 1.807) is 23.9 Å². The lowest BCUT2D eigenvalue weighted by Gasteiger charge is -2.21. The third kappa shape index (κ3) is 3.81. The van der Waals surface area contributed by atoms with Gasteiger partial charge in [-0.25, -0.2) is 4.98 Å². The van der Waals surface area contributed by atoms with Crippen LogP contribution >= 0.6 is 0 Å². The van der Waals surface area contributed by atoms with Gasteiger partial charge in [-0.1, -0.05) is 42.5 Å². The molecule has 0 fully saturated rings. The minimum Gasteiger partial charge on any atom is -0.387 e. The molecule has 0 bridgehead atoms. The number of hydrogen-bond acceptors (Lipinski definition) is 4. The van der Waals surface area contributed by atoms with Crippen LogP contribution in [-0.4, -0.2) is 44.3 Å². The van der Waals surface area contributed by atoms with E-state index in [-0.39, 0.29) is 12.5 Å². The van der Waals surface area contributed by atoms with E-state index in [2.05, 4.69) is 10.1 Å². The van der Waals surface area contributed by atoms with E-state index in [1.165, 1.54) is 4.90 Å². The Kier molecular flexibility index (Phi) is 5.14. The Bertz CT molecular complexity index is 868. The lowest BCUT2D eigenvalue weighted by atomic mass is 10.1. The van der Waals surface area contributed by atoms with Gasteiger partial charge in [0.2, 0.25) is 0 Å². The number of likely N-dealkylation sites (N-methyl/N-ethyl adjacent to an activating group) is 1. The molecule has 1 heterocycles. The molecule has 1 atom stereocenters. The summed E-state index contributed by atoms with van der Waals surface area (Å²) < 4.78 is 1.72. The highest BCUT2D eigenvalue weighted by molar-refractivity contribution is 5.94. The van der Waals surface area contributed by atoms with Crippen LogP contribution in [0.25, 0.3) is 11.4 Å². The first kappa shape index (κ1) is 17.8. The quantitative estimate of drug-likeness (QED) is 0.768. The SMILES string of the molecule is Cc1nc(-c2ccc(C(=O)N(C)CC(O)c3ccccc3)cc2)nn1C. The van der Waals surface area contributed by atoms with Crippen molar-refractivity contribution in [1.29, 1.82) is 0 Å². The molecule has 6 nitrogen and oxygen atoms in total. The van der Waals surface area contributed by atoms with E-state index < -0.39 is 6.10 Å². The predicted octanol–water partition coefficient (Wildman–Crippen LogP) is 2.60. The lowest BCUT2D eigenvalue weighted by molar-refractivity contribution is 0.0681. The maximum absolute atomic E-state index is 12.6. The predicted molar refractivity (Wildman–Crippen MR) is 99.5 cm³/mol. The Labute approximate surface area is 152 Å². The number of aliphatic hydroxyl groups excluding tert-OH is 1. The number of carbonyl (C=O) groups is 1. The summed E-state index contributed by atoms with van der Waals surface area (Å²) >= 11 is 0. The second-order valence-corrected chi connectivity index (χ2v) is 6.30. The van der Waals surface area contributed by atoms with E-state index >= 15 is 0 Å². The van der Waals surface area contributed by atoms with Crippen LogP contribution in [0, 0.1) is 6.92 Å². The number of aliphatic hydroxyl groups is 1. The van der Waals surface area contributed by atoms with Crippen molar-refractivity contribution in [2.45, 2.75) is 13.0 Å². The number of rotatable bonds is 5. The second-order valence-electron chi connectivity index (χ2n) is 6.30. The molecular formula is C20H22N4O2. The number of hydrogen-bond donors (Lipinski definition) is 1. The summed E-state index contributed by atoms with van der Waals surface area (Å²) in [5.74, 6) is 1.32. The largest absolute Gasteiger partial charge is 0.387 e. The first-order valence-electron chi connectivity index (χ1n) is 8.42. The Morgan fingerprint density at radius 2 is 1.81 bits per heavy atom. The van der Waals surface area contributed by atoms with E-state index in [4.69, 9.17) is 0 Å².